The van der Waals surface area contributed by atoms with E-state index < -0.39 is 9.84 Å². The van der Waals surface area contributed by atoms with Crippen molar-refractivity contribution in [1.29, 1.82) is 0 Å². The zero-order chi connectivity index (χ0) is 13.2. The van der Waals surface area contributed by atoms with Crippen LogP contribution in [0.2, 0.25) is 0 Å². The van der Waals surface area contributed by atoms with Gasteiger partial charge in [-0.2, -0.15) is 0 Å². The molecule has 100 valence electrons. The maximum absolute atomic E-state index is 11.6. The summed E-state index contributed by atoms with van der Waals surface area (Å²) in [4.78, 5) is 4.27. The first-order chi connectivity index (χ1) is 8.49. The molecule has 0 radical (unpaired) electrons. The van der Waals surface area contributed by atoms with Crippen molar-refractivity contribution < 1.29 is 8.42 Å². The molecule has 1 unspecified atom stereocenters. The van der Waals surface area contributed by atoms with Gasteiger partial charge in [0.25, 0.3) is 0 Å². The summed E-state index contributed by atoms with van der Waals surface area (Å²) >= 11 is 6.77. The number of sulfone groups is 1. The number of aromatic nitrogens is 1. The highest BCUT2D eigenvalue weighted by molar-refractivity contribution is 9.11. The number of rotatable bonds is 4. The standard InChI is InChI=1S/C11H14Br2N2O2S/c12-8-4-10(13)11(15-5-8)7-14-6-9-2-1-3-18(9,16)17/h4-5,9,14H,1-3,6-7H2. The van der Waals surface area contributed by atoms with Gasteiger partial charge in [0.15, 0.2) is 9.84 Å². The van der Waals surface area contributed by atoms with Gasteiger partial charge in [0.05, 0.1) is 16.7 Å². The Kier molecular flexibility index (Phi) is 4.80. The fourth-order valence-electron chi connectivity index (χ4n) is 2.01. The average molecular weight is 398 g/mol. The van der Waals surface area contributed by atoms with Crippen molar-refractivity contribution in [1.82, 2.24) is 10.3 Å². The molecule has 7 heteroatoms. The Balaban J connectivity index is 1.89. The Bertz CT molecular complexity index is 534. The van der Waals surface area contributed by atoms with E-state index in [4.69, 9.17) is 0 Å². The minimum absolute atomic E-state index is 0.230. The van der Waals surface area contributed by atoms with Crippen LogP contribution in [0.3, 0.4) is 0 Å². The molecule has 1 aromatic heterocycles. The molecular weight excluding hydrogens is 384 g/mol. The van der Waals surface area contributed by atoms with E-state index in [1.807, 2.05) is 6.07 Å². The van der Waals surface area contributed by atoms with Crippen molar-refractivity contribution >= 4 is 41.7 Å². The molecule has 0 bridgehead atoms. The molecule has 1 N–H and O–H groups in total. The van der Waals surface area contributed by atoms with Gasteiger partial charge in [0.1, 0.15) is 0 Å². The van der Waals surface area contributed by atoms with Crippen LogP contribution in [0.1, 0.15) is 18.5 Å². The molecule has 0 amide bonds. The predicted octanol–water partition coefficient (Wildman–Crippen LogP) is 2.27. The van der Waals surface area contributed by atoms with E-state index in [2.05, 4.69) is 42.2 Å². The number of hydrogen-bond acceptors (Lipinski definition) is 4. The van der Waals surface area contributed by atoms with Crippen molar-refractivity contribution in [3.8, 4) is 0 Å². The normalized spacial score (nSPS) is 22.2. The van der Waals surface area contributed by atoms with Crippen molar-refractivity contribution in [3.63, 3.8) is 0 Å². The van der Waals surface area contributed by atoms with Crippen LogP contribution in [0.25, 0.3) is 0 Å². The van der Waals surface area contributed by atoms with Gasteiger partial charge in [-0.25, -0.2) is 8.42 Å². The third kappa shape index (κ3) is 3.53. The van der Waals surface area contributed by atoms with Gasteiger partial charge < -0.3 is 5.32 Å². The van der Waals surface area contributed by atoms with Crippen LogP contribution in [0, 0.1) is 0 Å². The van der Waals surface area contributed by atoms with E-state index in [0.717, 1.165) is 27.5 Å². The van der Waals surface area contributed by atoms with E-state index in [1.54, 1.807) is 6.20 Å². The zero-order valence-electron chi connectivity index (χ0n) is 9.70. The van der Waals surface area contributed by atoms with Gasteiger partial charge in [0, 0.05) is 28.2 Å². The number of hydrogen-bond donors (Lipinski definition) is 1. The second-order valence-electron chi connectivity index (χ2n) is 4.34. The molecule has 1 aliphatic heterocycles. The molecule has 1 aliphatic rings. The van der Waals surface area contributed by atoms with Gasteiger partial charge >= 0.3 is 0 Å². The lowest BCUT2D eigenvalue weighted by Crippen LogP contribution is -2.30. The van der Waals surface area contributed by atoms with Gasteiger partial charge in [-0.1, -0.05) is 0 Å². The van der Waals surface area contributed by atoms with Crippen molar-refractivity contribution in [2.24, 2.45) is 0 Å². The average Bonchev–Trinajstić information content (AvgIpc) is 2.61. The number of nitrogens with one attached hydrogen (secondary N) is 1. The molecule has 1 fully saturated rings. The fourth-order valence-corrected chi connectivity index (χ4v) is 4.94. The SMILES string of the molecule is O=S1(=O)CCCC1CNCc1ncc(Br)cc1Br. The number of pyridine rings is 1. The van der Waals surface area contributed by atoms with E-state index in [-0.39, 0.29) is 5.25 Å². The molecule has 1 saturated heterocycles. The molecule has 0 aliphatic carbocycles. The maximum atomic E-state index is 11.6. The smallest absolute Gasteiger partial charge is 0.154 e. The molecule has 2 heterocycles. The first kappa shape index (κ1) is 14.4. The third-order valence-corrected chi connectivity index (χ3v) is 6.41. The van der Waals surface area contributed by atoms with Crippen LogP contribution in [-0.2, 0) is 16.4 Å². The van der Waals surface area contributed by atoms with Crippen LogP contribution in [-0.4, -0.2) is 30.9 Å². The first-order valence-corrected chi connectivity index (χ1v) is 9.01. The quantitative estimate of drug-likeness (QED) is 0.846. The van der Waals surface area contributed by atoms with E-state index in [9.17, 15) is 8.42 Å². The number of halogens is 2. The van der Waals surface area contributed by atoms with Gasteiger partial charge in [-0.3, -0.25) is 4.98 Å². The highest BCUT2D eigenvalue weighted by atomic mass is 79.9. The Morgan fingerprint density at radius 2 is 2.22 bits per heavy atom. The van der Waals surface area contributed by atoms with E-state index in [1.165, 1.54) is 0 Å². The minimum atomic E-state index is -2.86. The highest BCUT2D eigenvalue weighted by Crippen LogP contribution is 2.21. The molecule has 0 spiro atoms. The molecule has 18 heavy (non-hydrogen) atoms. The maximum Gasteiger partial charge on any atom is 0.154 e. The van der Waals surface area contributed by atoms with Gasteiger partial charge in [0.2, 0.25) is 0 Å². The summed E-state index contributed by atoms with van der Waals surface area (Å²) < 4.78 is 25.1. The topological polar surface area (TPSA) is 59.1 Å². The third-order valence-electron chi connectivity index (χ3n) is 3.01. The minimum Gasteiger partial charge on any atom is -0.310 e. The molecule has 4 nitrogen and oxygen atoms in total. The monoisotopic (exact) mass is 396 g/mol. The largest absolute Gasteiger partial charge is 0.310 e. The summed E-state index contributed by atoms with van der Waals surface area (Å²) in [7, 11) is -2.86. The van der Waals surface area contributed by atoms with Crippen molar-refractivity contribution in [3.05, 3.63) is 26.9 Å². The summed E-state index contributed by atoms with van der Waals surface area (Å²) in [6.45, 7) is 1.08. The molecule has 0 saturated carbocycles. The highest BCUT2D eigenvalue weighted by Gasteiger charge is 2.30. The molecular formula is C11H14Br2N2O2S. The van der Waals surface area contributed by atoms with Gasteiger partial charge in [-0.05, 0) is 50.8 Å². The van der Waals surface area contributed by atoms with Crippen LogP contribution in [0.15, 0.2) is 21.2 Å². The van der Waals surface area contributed by atoms with Crippen molar-refractivity contribution in [2.45, 2.75) is 24.6 Å². The summed E-state index contributed by atoms with van der Waals surface area (Å²) in [5, 5.41) is 2.94. The van der Waals surface area contributed by atoms with E-state index in [0.29, 0.717) is 18.8 Å². The lowest BCUT2D eigenvalue weighted by Gasteiger charge is -2.11. The lowest BCUT2D eigenvalue weighted by atomic mass is 10.2. The van der Waals surface area contributed by atoms with E-state index >= 15 is 0 Å². The van der Waals surface area contributed by atoms with Gasteiger partial charge in [-0.15, -0.1) is 0 Å². The Morgan fingerprint density at radius 1 is 1.44 bits per heavy atom. The summed E-state index contributed by atoms with van der Waals surface area (Å²) in [5.74, 6) is 0.333. The van der Waals surface area contributed by atoms with Crippen LogP contribution >= 0.6 is 31.9 Å². The summed E-state index contributed by atoms with van der Waals surface area (Å²) in [6, 6.07) is 1.93. The Hall–Kier alpha value is 0.0200. The molecule has 1 aromatic rings. The van der Waals surface area contributed by atoms with Crippen molar-refractivity contribution in [2.75, 3.05) is 12.3 Å². The molecule has 0 aromatic carbocycles. The Labute approximate surface area is 124 Å². The number of nitrogens with zero attached hydrogens (tertiary/aromatic N) is 1. The summed E-state index contributed by atoms with van der Waals surface area (Å²) in [5.41, 5.74) is 0.883. The van der Waals surface area contributed by atoms with Crippen LogP contribution in [0.4, 0.5) is 0 Å². The second-order valence-corrected chi connectivity index (χ2v) is 8.51. The predicted molar refractivity (Wildman–Crippen MR) is 78.2 cm³/mol. The second kappa shape index (κ2) is 5.98. The first-order valence-electron chi connectivity index (χ1n) is 5.71. The van der Waals surface area contributed by atoms with Crippen LogP contribution in [0.5, 0.6) is 0 Å². The lowest BCUT2D eigenvalue weighted by molar-refractivity contribution is 0.572. The zero-order valence-corrected chi connectivity index (χ0v) is 13.7. The molecule has 2 rings (SSSR count). The fraction of sp³-hybridized carbons (Fsp3) is 0.545. The van der Waals surface area contributed by atoms with Crippen LogP contribution < -0.4 is 5.32 Å². The Morgan fingerprint density at radius 3 is 2.83 bits per heavy atom. The molecule has 1 atom stereocenters. The summed E-state index contributed by atoms with van der Waals surface area (Å²) in [6.07, 6.45) is 3.28.